The maximum absolute atomic E-state index is 13.3. The molecule has 1 unspecified atom stereocenters. The molecule has 0 aliphatic carbocycles. The Bertz CT molecular complexity index is 1030. The van der Waals surface area contributed by atoms with Crippen LogP contribution in [0.25, 0.3) is 22.2 Å². The maximum Gasteiger partial charge on any atom is 0.170 e. The fraction of sp³-hybridized carbons (Fsp3) is 0.190. The molecule has 0 fully saturated rings. The van der Waals surface area contributed by atoms with Gasteiger partial charge in [0.15, 0.2) is 5.58 Å². The van der Waals surface area contributed by atoms with E-state index in [1.54, 1.807) is 17.4 Å². The molecule has 0 bridgehead atoms. The molecule has 0 amide bonds. The quantitative estimate of drug-likeness (QED) is 0.465. The van der Waals surface area contributed by atoms with Crippen LogP contribution in [0.2, 0.25) is 0 Å². The molecule has 2 aromatic carbocycles. The third kappa shape index (κ3) is 4.39. The summed E-state index contributed by atoms with van der Waals surface area (Å²) in [5.74, 6) is 0.294. The van der Waals surface area contributed by atoms with Crippen molar-refractivity contribution in [1.29, 1.82) is 0 Å². The van der Waals surface area contributed by atoms with Gasteiger partial charge in [-0.3, -0.25) is 0 Å². The summed E-state index contributed by atoms with van der Waals surface area (Å²) in [5.41, 5.74) is 1.91. The minimum atomic E-state index is -0.603. The van der Waals surface area contributed by atoms with Crippen LogP contribution < -0.4 is 10.1 Å². The van der Waals surface area contributed by atoms with Crippen molar-refractivity contribution >= 4 is 22.3 Å². The number of aromatic nitrogens is 1. The molecule has 0 saturated carbocycles. The van der Waals surface area contributed by atoms with E-state index in [0.717, 1.165) is 17.5 Å². The Balaban J connectivity index is 1.31. The molecule has 144 valence electrons. The second kappa shape index (κ2) is 8.52. The summed E-state index contributed by atoms with van der Waals surface area (Å²) in [7, 11) is 0. The number of aliphatic hydroxyl groups excluding tert-OH is 1. The number of hydrogen-bond acceptors (Lipinski definition) is 6. The first-order valence-corrected chi connectivity index (χ1v) is 9.76. The molecule has 2 aromatic heterocycles. The Kier molecular flexibility index (Phi) is 5.66. The van der Waals surface area contributed by atoms with Crippen molar-refractivity contribution in [2.75, 3.05) is 13.2 Å². The van der Waals surface area contributed by atoms with Gasteiger partial charge in [0.2, 0.25) is 0 Å². The number of halogens is 1. The van der Waals surface area contributed by atoms with Crippen molar-refractivity contribution < 1.29 is 18.8 Å². The second-order valence-electron chi connectivity index (χ2n) is 6.37. The number of ether oxygens (including phenoxy) is 1. The predicted molar refractivity (Wildman–Crippen MR) is 107 cm³/mol. The monoisotopic (exact) mass is 398 g/mol. The molecule has 7 heteroatoms. The van der Waals surface area contributed by atoms with Crippen molar-refractivity contribution in [3.05, 3.63) is 70.7 Å². The number of benzene rings is 2. The van der Waals surface area contributed by atoms with Crippen LogP contribution in [0.15, 0.2) is 64.5 Å². The average Bonchev–Trinajstić information content (AvgIpc) is 3.36. The van der Waals surface area contributed by atoms with Crippen LogP contribution in [0.1, 0.15) is 4.88 Å². The van der Waals surface area contributed by atoms with E-state index in [4.69, 9.17) is 9.26 Å². The Morgan fingerprint density at radius 3 is 2.82 bits per heavy atom. The van der Waals surface area contributed by atoms with E-state index in [1.807, 2.05) is 35.7 Å². The Morgan fingerprint density at radius 2 is 2.04 bits per heavy atom. The number of nitrogens with one attached hydrogen (secondary N) is 1. The van der Waals surface area contributed by atoms with Crippen LogP contribution in [0.5, 0.6) is 5.75 Å². The van der Waals surface area contributed by atoms with E-state index in [0.29, 0.717) is 23.6 Å². The molecule has 1 atom stereocenters. The lowest BCUT2D eigenvalue weighted by Crippen LogP contribution is -2.30. The highest BCUT2D eigenvalue weighted by Gasteiger charge is 2.11. The largest absolute Gasteiger partial charge is 0.491 e. The van der Waals surface area contributed by atoms with Crippen molar-refractivity contribution in [2.45, 2.75) is 12.6 Å². The second-order valence-corrected chi connectivity index (χ2v) is 7.40. The lowest BCUT2D eigenvalue weighted by molar-refractivity contribution is 0.106. The van der Waals surface area contributed by atoms with Gasteiger partial charge in [0, 0.05) is 35.0 Å². The summed E-state index contributed by atoms with van der Waals surface area (Å²) >= 11 is 1.68. The van der Waals surface area contributed by atoms with Crippen LogP contribution in [0.3, 0.4) is 0 Å². The zero-order chi connectivity index (χ0) is 19.3. The molecule has 0 aliphatic rings. The zero-order valence-electron chi connectivity index (χ0n) is 15.0. The first-order chi connectivity index (χ1) is 13.7. The summed E-state index contributed by atoms with van der Waals surface area (Å²) in [6, 6.07) is 15.7. The average molecular weight is 398 g/mol. The Morgan fingerprint density at radius 1 is 1.18 bits per heavy atom. The van der Waals surface area contributed by atoms with Crippen molar-refractivity contribution in [2.24, 2.45) is 0 Å². The number of fused-ring (bicyclic) bond motifs is 1. The topological polar surface area (TPSA) is 67.5 Å². The van der Waals surface area contributed by atoms with Crippen LogP contribution in [0.4, 0.5) is 4.39 Å². The van der Waals surface area contributed by atoms with Crippen LogP contribution >= 0.6 is 11.3 Å². The zero-order valence-corrected chi connectivity index (χ0v) is 15.8. The summed E-state index contributed by atoms with van der Waals surface area (Å²) in [4.78, 5) is 1.23. The molecular formula is C21H19FN2O3S. The number of aliphatic hydroxyl groups is 1. The molecule has 4 rings (SSSR count). The minimum absolute atomic E-state index is 0.197. The number of nitrogens with zero attached hydrogens (tertiary/aromatic N) is 1. The Hall–Kier alpha value is -2.74. The smallest absolute Gasteiger partial charge is 0.170 e. The van der Waals surface area contributed by atoms with E-state index in [1.165, 1.54) is 17.0 Å². The highest BCUT2D eigenvalue weighted by Crippen LogP contribution is 2.29. The SMILES string of the molecule is OC(CNCc1cccs1)COc1ccc(-c2noc3cc(F)ccc23)cc1. The van der Waals surface area contributed by atoms with Crippen LogP contribution in [0, 0.1) is 5.82 Å². The van der Waals surface area contributed by atoms with Gasteiger partial charge in [0.25, 0.3) is 0 Å². The summed E-state index contributed by atoms with van der Waals surface area (Å²) in [6.45, 7) is 1.39. The van der Waals surface area contributed by atoms with Crippen molar-refractivity contribution in [3.8, 4) is 17.0 Å². The highest BCUT2D eigenvalue weighted by molar-refractivity contribution is 7.09. The summed E-state index contributed by atoms with van der Waals surface area (Å²) in [5, 5.41) is 20.1. The van der Waals surface area contributed by atoms with E-state index in [-0.39, 0.29) is 12.4 Å². The summed E-state index contributed by atoms with van der Waals surface area (Å²) < 4.78 is 24.1. The molecule has 2 N–H and O–H groups in total. The van der Waals surface area contributed by atoms with Gasteiger partial charge in [0.05, 0.1) is 0 Å². The van der Waals surface area contributed by atoms with Crippen molar-refractivity contribution in [1.82, 2.24) is 10.5 Å². The Labute approximate surface area is 165 Å². The number of hydrogen-bond donors (Lipinski definition) is 2. The molecule has 0 aliphatic heterocycles. The third-order valence-electron chi connectivity index (χ3n) is 4.26. The van der Waals surface area contributed by atoms with Crippen LogP contribution in [-0.4, -0.2) is 29.5 Å². The number of thiophene rings is 1. The molecule has 5 nitrogen and oxygen atoms in total. The van der Waals surface area contributed by atoms with Gasteiger partial charge in [-0.2, -0.15) is 0 Å². The minimum Gasteiger partial charge on any atom is -0.491 e. The first-order valence-electron chi connectivity index (χ1n) is 8.88. The van der Waals surface area contributed by atoms with E-state index < -0.39 is 6.10 Å². The predicted octanol–water partition coefficient (Wildman–Crippen LogP) is 4.22. The van der Waals surface area contributed by atoms with Crippen molar-refractivity contribution in [3.63, 3.8) is 0 Å². The van der Waals surface area contributed by atoms with Gasteiger partial charge in [-0.05, 0) is 47.8 Å². The van der Waals surface area contributed by atoms with E-state index in [2.05, 4.69) is 16.5 Å². The third-order valence-corrected chi connectivity index (χ3v) is 5.14. The lowest BCUT2D eigenvalue weighted by atomic mass is 10.1. The lowest BCUT2D eigenvalue weighted by Gasteiger charge is -2.13. The molecule has 0 spiro atoms. The molecule has 0 radical (unpaired) electrons. The normalized spacial score (nSPS) is 12.4. The van der Waals surface area contributed by atoms with Gasteiger partial charge in [-0.15, -0.1) is 11.3 Å². The number of rotatable bonds is 8. The van der Waals surface area contributed by atoms with Gasteiger partial charge >= 0.3 is 0 Å². The first kappa shape index (κ1) is 18.6. The maximum atomic E-state index is 13.3. The van der Waals surface area contributed by atoms with Gasteiger partial charge in [0.1, 0.15) is 30.0 Å². The summed E-state index contributed by atoms with van der Waals surface area (Å²) in [6.07, 6.45) is -0.603. The molecule has 2 heterocycles. The molecular weight excluding hydrogens is 379 g/mol. The fourth-order valence-electron chi connectivity index (χ4n) is 2.86. The standard InChI is InChI=1S/C21H19FN2O3S/c22-15-5-8-19-20(10-15)27-24-21(19)14-3-6-17(7-4-14)26-13-16(25)11-23-12-18-2-1-9-28-18/h1-10,16,23,25H,11-13H2. The highest BCUT2D eigenvalue weighted by atomic mass is 32.1. The van der Waals surface area contributed by atoms with E-state index in [9.17, 15) is 9.50 Å². The molecule has 0 saturated heterocycles. The van der Waals surface area contributed by atoms with Gasteiger partial charge in [-0.25, -0.2) is 4.39 Å². The van der Waals surface area contributed by atoms with Gasteiger partial charge < -0.3 is 19.7 Å². The van der Waals surface area contributed by atoms with Crippen LogP contribution in [-0.2, 0) is 6.54 Å². The molecule has 28 heavy (non-hydrogen) atoms. The fourth-order valence-corrected chi connectivity index (χ4v) is 3.53. The van der Waals surface area contributed by atoms with E-state index >= 15 is 0 Å². The van der Waals surface area contributed by atoms with Gasteiger partial charge in [-0.1, -0.05) is 11.2 Å². The molecule has 4 aromatic rings.